The zero-order chi connectivity index (χ0) is 13.2. The molecule has 3 heteroatoms. The third-order valence-electron chi connectivity index (χ3n) is 3.06. The number of carboxylic acid groups (broad SMARTS) is 1. The molecule has 0 spiro atoms. The Morgan fingerprint density at radius 3 is 2.47 bits per heavy atom. The Morgan fingerprint density at radius 1 is 0.947 bits per heavy atom. The van der Waals surface area contributed by atoms with E-state index in [-0.39, 0.29) is 5.56 Å². The molecule has 0 aliphatic rings. The molecule has 1 heterocycles. The Kier molecular flexibility index (Phi) is 2.72. The van der Waals surface area contributed by atoms with Gasteiger partial charge >= 0.3 is 5.97 Å². The number of nitrogens with zero attached hydrogens (tertiary/aromatic N) is 1. The van der Waals surface area contributed by atoms with Gasteiger partial charge in [-0.1, -0.05) is 36.4 Å². The highest BCUT2D eigenvalue weighted by molar-refractivity contribution is 6.03. The molecule has 0 aliphatic heterocycles. The van der Waals surface area contributed by atoms with Crippen LogP contribution in [0.1, 0.15) is 10.4 Å². The number of hydrogen-bond acceptors (Lipinski definition) is 2. The van der Waals surface area contributed by atoms with Gasteiger partial charge in [0.05, 0.1) is 11.1 Å². The van der Waals surface area contributed by atoms with Gasteiger partial charge in [0.2, 0.25) is 0 Å². The summed E-state index contributed by atoms with van der Waals surface area (Å²) in [4.78, 5) is 15.6. The van der Waals surface area contributed by atoms with Gasteiger partial charge in [0.25, 0.3) is 0 Å². The van der Waals surface area contributed by atoms with E-state index in [0.29, 0.717) is 10.9 Å². The monoisotopic (exact) mass is 249 g/mol. The highest BCUT2D eigenvalue weighted by Gasteiger charge is 2.09. The van der Waals surface area contributed by atoms with Gasteiger partial charge in [-0.25, -0.2) is 4.79 Å². The molecule has 19 heavy (non-hydrogen) atoms. The molecule has 0 saturated heterocycles. The van der Waals surface area contributed by atoms with E-state index in [2.05, 4.69) is 4.98 Å². The summed E-state index contributed by atoms with van der Waals surface area (Å²) in [5.74, 6) is -0.933. The lowest BCUT2D eigenvalue weighted by atomic mass is 10.0. The summed E-state index contributed by atoms with van der Waals surface area (Å²) in [6, 6.07) is 16.8. The molecule has 3 rings (SSSR count). The zero-order valence-corrected chi connectivity index (χ0v) is 10.1. The molecule has 0 saturated carbocycles. The highest BCUT2D eigenvalue weighted by Crippen LogP contribution is 2.24. The van der Waals surface area contributed by atoms with Crippen molar-refractivity contribution in [3.63, 3.8) is 0 Å². The molecule has 0 aliphatic carbocycles. The van der Waals surface area contributed by atoms with Crippen LogP contribution in [0.25, 0.3) is 22.0 Å². The van der Waals surface area contributed by atoms with Crippen LogP contribution in [-0.2, 0) is 0 Å². The SMILES string of the molecule is O=C(O)c1cccc2ncc(-c3ccccc3)cc12. The first kappa shape index (κ1) is 11.4. The maximum absolute atomic E-state index is 11.2. The lowest BCUT2D eigenvalue weighted by molar-refractivity contribution is 0.0699. The van der Waals surface area contributed by atoms with Crippen molar-refractivity contribution in [3.8, 4) is 11.1 Å². The summed E-state index contributed by atoms with van der Waals surface area (Å²) in [5, 5.41) is 9.88. The van der Waals surface area contributed by atoms with Crippen molar-refractivity contribution in [2.75, 3.05) is 0 Å². The third-order valence-corrected chi connectivity index (χ3v) is 3.06. The summed E-state index contributed by atoms with van der Waals surface area (Å²) < 4.78 is 0. The van der Waals surface area contributed by atoms with E-state index in [1.54, 1.807) is 18.3 Å². The second-order valence-corrected chi connectivity index (χ2v) is 4.27. The number of carboxylic acids is 1. The van der Waals surface area contributed by atoms with Crippen molar-refractivity contribution in [2.45, 2.75) is 0 Å². The minimum absolute atomic E-state index is 0.280. The van der Waals surface area contributed by atoms with Crippen LogP contribution in [-0.4, -0.2) is 16.1 Å². The van der Waals surface area contributed by atoms with Crippen molar-refractivity contribution in [1.29, 1.82) is 0 Å². The van der Waals surface area contributed by atoms with Gasteiger partial charge in [0, 0.05) is 17.1 Å². The number of rotatable bonds is 2. The third kappa shape index (κ3) is 2.06. The molecule has 0 fully saturated rings. The van der Waals surface area contributed by atoms with Gasteiger partial charge < -0.3 is 5.11 Å². The van der Waals surface area contributed by atoms with Crippen molar-refractivity contribution in [2.24, 2.45) is 0 Å². The van der Waals surface area contributed by atoms with Crippen molar-refractivity contribution in [1.82, 2.24) is 4.98 Å². The van der Waals surface area contributed by atoms with Crippen LogP contribution in [0, 0.1) is 0 Å². The lowest BCUT2D eigenvalue weighted by Crippen LogP contribution is -1.98. The fourth-order valence-corrected chi connectivity index (χ4v) is 2.12. The van der Waals surface area contributed by atoms with Gasteiger partial charge in [0.15, 0.2) is 0 Å². The van der Waals surface area contributed by atoms with Crippen LogP contribution in [0.3, 0.4) is 0 Å². The minimum Gasteiger partial charge on any atom is -0.478 e. The Labute approximate surface area is 110 Å². The Bertz CT molecular complexity index is 751. The average Bonchev–Trinajstić information content (AvgIpc) is 2.47. The summed E-state index contributed by atoms with van der Waals surface area (Å²) in [6.45, 7) is 0. The smallest absolute Gasteiger partial charge is 0.336 e. The predicted molar refractivity (Wildman–Crippen MR) is 74.1 cm³/mol. The molecule has 3 aromatic rings. The number of aromatic carboxylic acids is 1. The number of carbonyl (C=O) groups is 1. The zero-order valence-electron chi connectivity index (χ0n) is 10.1. The fraction of sp³-hybridized carbons (Fsp3) is 0. The molecule has 0 atom stereocenters. The standard InChI is InChI=1S/C16H11NO2/c18-16(19)13-7-4-8-15-14(13)9-12(10-17-15)11-5-2-1-3-6-11/h1-10H,(H,18,19). The van der Waals surface area contributed by atoms with Gasteiger partial charge in [-0.05, 0) is 23.8 Å². The van der Waals surface area contributed by atoms with Gasteiger partial charge in [-0.3, -0.25) is 4.98 Å². The molecule has 92 valence electrons. The molecule has 3 nitrogen and oxygen atoms in total. The maximum Gasteiger partial charge on any atom is 0.336 e. The molecule has 0 radical (unpaired) electrons. The molecular weight excluding hydrogens is 238 g/mol. The predicted octanol–water partition coefficient (Wildman–Crippen LogP) is 3.60. The van der Waals surface area contributed by atoms with Crippen LogP contribution in [0.2, 0.25) is 0 Å². The molecule has 2 aromatic carbocycles. The number of pyridine rings is 1. The van der Waals surface area contributed by atoms with Crippen LogP contribution >= 0.6 is 0 Å². The maximum atomic E-state index is 11.2. The lowest BCUT2D eigenvalue weighted by Gasteiger charge is -2.05. The molecule has 0 bridgehead atoms. The average molecular weight is 249 g/mol. The summed E-state index contributed by atoms with van der Waals surface area (Å²) in [5.41, 5.74) is 2.92. The largest absolute Gasteiger partial charge is 0.478 e. The summed E-state index contributed by atoms with van der Waals surface area (Å²) in [6.07, 6.45) is 1.77. The van der Waals surface area contributed by atoms with E-state index < -0.39 is 5.97 Å². The first-order valence-electron chi connectivity index (χ1n) is 5.93. The Hall–Kier alpha value is -2.68. The quantitative estimate of drug-likeness (QED) is 0.754. The van der Waals surface area contributed by atoms with E-state index in [4.69, 9.17) is 0 Å². The molecular formula is C16H11NO2. The molecule has 0 unspecified atom stereocenters. The Balaban J connectivity index is 2.25. The summed E-state index contributed by atoms with van der Waals surface area (Å²) in [7, 11) is 0. The van der Waals surface area contributed by atoms with E-state index in [0.717, 1.165) is 11.1 Å². The van der Waals surface area contributed by atoms with Gasteiger partial charge in [-0.2, -0.15) is 0 Å². The normalized spacial score (nSPS) is 10.5. The van der Waals surface area contributed by atoms with Crippen LogP contribution in [0.4, 0.5) is 0 Å². The fourth-order valence-electron chi connectivity index (χ4n) is 2.12. The molecule has 1 N–H and O–H groups in total. The Morgan fingerprint density at radius 2 is 1.74 bits per heavy atom. The van der Waals surface area contributed by atoms with E-state index in [1.165, 1.54) is 0 Å². The van der Waals surface area contributed by atoms with E-state index in [1.807, 2.05) is 42.5 Å². The van der Waals surface area contributed by atoms with Gasteiger partial charge in [-0.15, -0.1) is 0 Å². The van der Waals surface area contributed by atoms with Crippen molar-refractivity contribution in [3.05, 3.63) is 66.4 Å². The second-order valence-electron chi connectivity index (χ2n) is 4.27. The van der Waals surface area contributed by atoms with E-state index >= 15 is 0 Å². The van der Waals surface area contributed by atoms with Gasteiger partial charge in [0.1, 0.15) is 0 Å². The first-order chi connectivity index (χ1) is 9.25. The first-order valence-corrected chi connectivity index (χ1v) is 5.93. The van der Waals surface area contributed by atoms with E-state index in [9.17, 15) is 9.90 Å². The molecule has 1 aromatic heterocycles. The molecule has 0 amide bonds. The van der Waals surface area contributed by atoms with Crippen LogP contribution in [0.5, 0.6) is 0 Å². The second kappa shape index (κ2) is 4.53. The van der Waals surface area contributed by atoms with Crippen LogP contribution in [0.15, 0.2) is 60.8 Å². The number of hydrogen-bond donors (Lipinski definition) is 1. The van der Waals surface area contributed by atoms with Crippen LogP contribution < -0.4 is 0 Å². The van der Waals surface area contributed by atoms with Crippen molar-refractivity contribution >= 4 is 16.9 Å². The number of benzene rings is 2. The topological polar surface area (TPSA) is 50.2 Å². The van der Waals surface area contributed by atoms with Crippen molar-refractivity contribution < 1.29 is 9.90 Å². The number of aromatic nitrogens is 1. The highest BCUT2D eigenvalue weighted by atomic mass is 16.4. The number of fused-ring (bicyclic) bond motifs is 1. The summed E-state index contributed by atoms with van der Waals surface area (Å²) >= 11 is 0. The minimum atomic E-state index is -0.933.